The fourth-order valence-corrected chi connectivity index (χ4v) is 2.47. The predicted molar refractivity (Wildman–Crippen MR) is 66.0 cm³/mol. The van der Waals surface area contributed by atoms with Crippen molar-refractivity contribution in [3.8, 4) is 6.07 Å². The van der Waals surface area contributed by atoms with Gasteiger partial charge in [0.15, 0.2) is 23.3 Å². The first-order valence-electron chi connectivity index (χ1n) is 5.48. The molecule has 10 heteroatoms. The van der Waals surface area contributed by atoms with Crippen LogP contribution in [0, 0.1) is 34.6 Å². The van der Waals surface area contributed by atoms with Gasteiger partial charge in [-0.3, -0.25) is 4.72 Å². The number of nitrogens with zero attached hydrogens (tertiary/aromatic N) is 2. The van der Waals surface area contributed by atoms with Crippen LogP contribution in [0.1, 0.15) is 5.69 Å². The van der Waals surface area contributed by atoms with Crippen molar-refractivity contribution in [1.29, 1.82) is 5.26 Å². The Balaban J connectivity index is 2.47. The second-order valence-electron chi connectivity index (χ2n) is 3.94. The molecule has 1 aromatic carbocycles. The van der Waals surface area contributed by atoms with Gasteiger partial charge in [0.2, 0.25) is 0 Å². The van der Waals surface area contributed by atoms with Crippen LogP contribution in [0.2, 0.25) is 0 Å². The lowest BCUT2D eigenvalue weighted by molar-refractivity contribution is 0.459. The van der Waals surface area contributed by atoms with Gasteiger partial charge in [0.25, 0.3) is 10.0 Å². The predicted octanol–water partition coefficient (Wildman–Crippen LogP) is 2.31. The van der Waals surface area contributed by atoms with E-state index in [-0.39, 0.29) is 11.8 Å². The number of pyridine rings is 1. The van der Waals surface area contributed by atoms with Gasteiger partial charge in [-0.1, -0.05) is 0 Å². The molecule has 2 rings (SSSR count). The van der Waals surface area contributed by atoms with Gasteiger partial charge < -0.3 is 0 Å². The average Bonchev–Trinajstić information content (AvgIpc) is 2.49. The molecule has 0 saturated carbocycles. The summed E-state index contributed by atoms with van der Waals surface area (Å²) in [4.78, 5) is 2.92. The molecule has 0 fully saturated rings. The van der Waals surface area contributed by atoms with Crippen LogP contribution in [0.3, 0.4) is 0 Å². The molecule has 22 heavy (non-hydrogen) atoms. The van der Waals surface area contributed by atoms with Crippen molar-refractivity contribution in [3.63, 3.8) is 0 Å². The highest BCUT2D eigenvalue weighted by molar-refractivity contribution is 7.92. The van der Waals surface area contributed by atoms with Crippen LogP contribution in [0.25, 0.3) is 0 Å². The van der Waals surface area contributed by atoms with E-state index in [4.69, 9.17) is 5.26 Å². The van der Waals surface area contributed by atoms with Crippen molar-refractivity contribution in [3.05, 3.63) is 53.4 Å². The lowest BCUT2D eigenvalue weighted by Crippen LogP contribution is -2.16. The van der Waals surface area contributed by atoms with E-state index in [9.17, 15) is 26.0 Å². The Morgan fingerprint density at radius 1 is 1.09 bits per heavy atom. The first kappa shape index (κ1) is 15.7. The molecule has 0 aliphatic rings. The molecule has 114 valence electrons. The summed E-state index contributed by atoms with van der Waals surface area (Å²) in [6.07, 6.45) is 0.756. The molecule has 1 aromatic heterocycles. The largest absolute Gasteiger partial charge is 0.274 e. The molecular weight excluding hydrogens is 326 g/mol. The number of benzene rings is 1. The molecule has 2 aromatic rings. The van der Waals surface area contributed by atoms with E-state index >= 15 is 0 Å². The van der Waals surface area contributed by atoms with Gasteiger partial charge in [0, 0.05) is 12.3 Å². The minimum atomic E-state index is -4.55. The van der Waals surface area contributed by atoms with Gasteiger partial charge in [-0.05, 0) is 12.1 Å². The molecule has 0 bridgehead atoms. The van der Waals surface area contributed by atoms with Crippen LogP contribution >= 0.6 is 0 Å². The van der Waals surface area contributed by atoms with E-state index < -0.39 is 43.9 Å². The lowest BCUT2D eigenvalue weighted by atomic mass is 10.3. The minimum Gasteiger partial charge on any atom is -0.274 e. The highest BCUT2D eigenvalue weighted by Gasteiger charge is 2.24. The molecule has 0 saturated heterocycles. The quantitative estimate of drug-likeness (QED) is 0.691. The lowest BCUT2D eigenvalue weighted by Gasteiger charge is -2.10. The zero-order valence-electron chi connectivity index (χ0n) is 10.4. The van der Waals surface area contributed by atoms with E-state index in [0.717, 1.165) is 18.3 Å². The smallest absolute Gasteiger partial charge is 0.263 e. The number of nitrogens with one attached hydrogen (secondary N) is 1. The third kappa shape index (κ3) is 2.84. The summed E-state index contributed by atoms with van der Waals surface area (Å²) in [7, 11) is -4.55. The molecule has 0 unspecified atom stereocenters. The second kappa shape index (κ2) is 5.61. The summed E-state index contributed by atoms with van der Waals surface area (Å²) in [5.74, 6) is -7.28. The topological polar surface area (TPSA) is 82.8 Å². The Labute approximate surface area is 121 Å². The van der Waals surface area contributed by atoms with E-state index in [1.165, 1.54) is 4.72 Å². The molecular formula is C12H5F4N3O2S. The summed E-state index contributed by atoms with van der Waals surface area (Å²) in [6, 6.07) is 3.59. The van der Waals surface area contributed by atoms with Crippen molar-refractivity contribution in [2.75, 3.05) is 4.72 Å². The van der Waals surface area contributed by atoms with Crippen molar-refractivity contribution < 1.29 is 26.0 Å². The highest BCUT2D eigenvalue weighted by atomic mass is 32.2. The van der Waals surface area contributed by atoms with Crippen molar-refractivity contribution in [2.24, 2.45) is 0 Å². The molecule has 5 nitrogen and oxygen atoms in total. The number of hydrogen-bond donors (Lipinski definition) is 1. The zero-order chi connectivity index (χ0) is 16.5. The maximum Gasteiger partial charge on any atom is 0.263 e. The monoisotopic (exact) mass is 331 g/mol. The molecule has 1 N–H and O–H groups in total. The molecule has 0 spiro atoms. The fourth-order valence-electron chi connectivity index (χ4n) is 1.46. The number of sulfonamides is 1. The Hall–Kier alpha value is -2.67. The number of halogens is 4. The summed E-state index contributed by atoms with van der Waals surface area (Å²) in [5, 5.41) is 8.54. The van der Waals surface area contributed by atoms with Crippen LogP contribution < -0.4 is 4.72 Å². The first-order chi connectivity index (χ1) is 10.3. The van der Waals surface area contributed by atoms with Gasteiger partial charge in [-0.15, -0.1) is 0 Å². The average molecular weight is 331 g/mol. The molecule has 0 aliphatic carbocycles. The molecule has 0 atom stereocenters. The summed E-state index contributed by atoms with van der Waals surface area (Å²) < 4.78 is 78.2. The molecule has 0 aliphatic heterocycles. The minimum absolute atomic E-state index is 0.0499. The second-order valence-corrected chi connectivity index (χ2v) is 5.62. The normalized spacial score (nSPS) is 11.0. The Kier molecular flexibility index (Phi) is 4.01. The maximum atomic E-state index is 13.4. The number of aromatic nitrogens is 1. The fraction of sp³-hybridized carbons (Fsp3) is 0. The van der Waals surface area contributed by atoms with Crippen LogP contribution in [0.4, 0.5) is 23.2 Å². The van der Waals surface area contributed by atoms with Crippen LogP contribution in [-0.2, 0) is 10.0 Å². The number of nitriles is 1. The molecule has 0 amide bonds. The van der Waals surface area contributed by atoms with Crippen molar-refractivity contribution >= 4 is 15.7 Å². The van der Waals surface area contributed by atoms with Gasteiger partial charge in [0.1, 0.15) is 22.3 Å². The van der Waals surface area contributed by atoms with Crippen LogP contribution in [-0.4, -0.2) is 13.4 Å². The third-order valence-corrected chi connectivity index (χ3v) is 3.84. The SMILES string of the molecule is N#Cc1ccc(S(=O)(=O)Nc2c(F)c(F)cc(F)c2F)cn1. The van der Waals surface area contributed by atoms with E-state index in [1.807, 2.05) is 0 Å². The molecule has 0 radical (unpaired) electrons. The number of anilines is 1. The Bertz CT molecular complexity index is 850. The van der Waals surface area contributed by atoms with Gasteiger partial charge in [-0.25, -0.2) is 31.0 Å². The van der Waals surface area contributed by atoms with E-state index in [0.29, 0.717) is 0 Å². The van der Waals surface area contributed by atoms with Crippen molar-refractivity contribution in [1.82, 2.24) is 4.98 Å². The van der Waals surface area contributed by atoms with Crippen LogP contribution in [0.15, 0.2) is 29.3 Å². The van der Waals surface area contributed by atoms with E-state index in [2.05, 4.69) is 4.98 Å². The Morgan fingerprint density at radius 3 is 2.14 bits per heavy atom. The number of rotatable bonds is 3. The first-order valence-corrected chi connectivity index (χ1v) is 6.96. The van der Waals surface area contributed by atoms with Gasteiger partial charge in [0.05, 0.1) is 0 Å². The van der Waals surface area contributed by atoms with Crippen LogP contribution in [0.5, 0.6) is 0 Å². The summed E-state index contributed by atoms with van der Waals surface area (Å²) in [6.45, 7) is 0. The standard InChI is InChI=1S/C12H5F4N3O2S/c13-8-3-9(14)11(16)12(10(8)15)19-22(20,21)7-2-1-6(4-17)18-5-7/h1-3,5,19H. The molecule has 1 heterocycles. The third-order valence-electron chi connectivity index (χ3n) is 2.51. The zero-order valence-corrected chi connectivity index (χ0v) is 11.3. The summed E-state index contributed by atoms with van der Waals surface area (Å²) >= 11 is 0. The van der Waals surface area contributed by atoms with E-state index in [1.54, 1.807) is 6.07 Å². The van der Waals surface area contributed by atoms with Gasteiger partial charge >= 0.3 is 0 Å². The number of hydrogen-bond acceptors (Lipinski definition) is 4. The Morgan fingerprint density at radius 2 is 1.68 bits per heavy atom. The van der Waals surface area contributed by atoms with Crippen molar-refractivity contribution in [2.45, 2.75) is 4.90 Å². The van der Waals surface area contributed by atoms with Gasteiger partial charge in [-0.2, -0.15) is 5.26 Å². The summed E-state index contributed by atoms with van der Waals surface area (Å²) in [5.41, 5.74) is -1.57. The highest BCUT2D eigenvalue weighted by Crippen LogP contribution is 2.26. The maximum absolute atomic E-state index is 13.4.